The molecule has 2 heterocycles. The molecular formula is C62H73N3O17PS4+. The van der Waals surface area contributed by atoms with Crippen LogP contribution in [-0.4, -0.2) is 132 Å². The van der Waals surface area contributed by atoms with Gasteiger partial charge in [0.2, 0.25) is 5.69 Å². The highest BCUT2D eigenvalue weighted by Gasteiger charge is 2.48. The van der Waals surface area contributed by atoms with E-state index in [1.165, 1.54) is 38.5 Å². The highest BCUT2D eigenvalue weighted by molar-refractivity contribution is 7.86. The Morgan fingerprint density at radius 1 is 0.644 bits per heavy atom. The zero-order valence-electron chi connectivity index (χ0n) is 48.7. The first-order valence-corrected chi connectivity index (χ1v) is 35.6. The van der Waals surface area contributed by atoms with Crippen LogP contribution in [-0.2, 0) is 65.6 Å². The van der Waals surface area contributed by atoms with Gasteiger partial charge in [0.25, 0.3) is 46.4 Å². The van der Waals surface area contributed by atoms with Crippen molar-refractivity contribution in [3.63, 3.8) is 0 Å². The van der Waals surface area contributed by atoms with Crippen molar-refractivity contribution in [3.05, 3.63) is 174 Å². The fourth-order valence-electron chi connectivity index (χ4n) is 11.4. The first kappa shape index (κ1) is 67.9. The minimum absolute atomic E-state index is 0.00233. The molecule has 2 atom stereocenters. The Balaban J connectivity index is 1.08. The number of carbonyl (C=O) groups is 3. The summed E-state index contributed by atoms with van der Waals surface area (Å²) in [5.74, 6) is -2.04. The molecule has 466 valence electrons. The zero-order valence-corrected chi connectivity index (χ0v) is 52.9. The van der Waals surface area contributed by atoms with Gasteiger partial charge < -0.3 is 19.7 Å². The lowest BCUT2D eigenvalue weighted by molar-refractivity contribution is -0.438. The van der Waals surface area contributed by atoms with Crippen molar-refractivity contribution in [2.45, 2.75) is 98.7 Å². The molecule has 20 nitrogen and oxygen atoms in total. The van der Waals surface area contributed by atoms with Gasteiger partial charge in [0.05, 0.1) is 46.0 Å². The molecule has 0 aliphatic carbocycles. The molecule has 25 heteroatoms. The monoisotopic (exact) mass is 1290 g/mol. The number of methoxy groups -OCH3 is 2. The molecule has 0 saturated heterocycles. The maximum atomic E-state index is 13.6. The number of carbonyl (C=O) groups excluding carboxylic acids is 3. The first-order valence-electron chi connectivity index (χ1n) is 28.1. The van der Waals surface area contributed by atoms with Crippen LogP contribution in [0.1, 0.15) is 110 Å². The number of benzene rings is 5. The van der Waals surface area contributed by atoms with Crippen LogP contribution in [0.5, 0.6) is 0 Å². The third kappa shape index (κ3) is 17.4. The molecule has 5 aromatic rings. The number of anilines is 1. The van der Waals surface area contributed by atoms with E-state index in [1.807, 2.05) is 77.1 Å². The summed E-state index contributed by atoms with van der Waals surface area (Å²) in [6.45, 7) is 4.72. The number of allylic oxidation sites excluding steroid dienone is 6. The summed E-state index contributed by atoms with van der Waals surface area (Å²) in [4.78, 5) is 41.1. The standard InChI is InChI=1S/C62H72N3O17PS4/c1-61(34-18-40-84(69,70)71)52-43-49(86(75,76)77)29-32-54(52)64(57(61)26-14-7-15-27-58-62(2,35-19-41-85(72,73)74)53-44-50(87(78,79)80)30-33-55(53)65(58)38-39-81-3)37-16-8-9-20-46(66)21-17-36-63-59(67)45-28-31-51(60(68)82-4)56(42-45)83(47-22-10-5-11-23-47)48-24-12-6-13-25-48/h5-7,10-15,22-33,42-44H,8-9,16-21,34-41H2,1-4H3,(H4-,63,67,69,70,71,72,73,74,75,76,77,78,79,80)/p+1. The van der Waals surface area contributed by atoms with Crippen molar-refractivity contribution in [2.24, 2.45) is 0 Å². The Morgan fingerprint density at radius 3 is 1.82 bits per heavy atom. The molecule has 5 N–H and O–H groups in total. The molecule has 87 heavy (non-hydrogen) atoms. The second kappa shape index (κ2) is 29.2. The van der Waals surface area contributed by atoms with Crippen molar-refractivity contribution in [1.82, 2.24) is 5.32 Å². The molecule has 0 spiro atoms. The van der Waals surface area contributed by atoms with Gasteiger partial charge in [0.15, 0.2) is 5.71 Å². The van der Waals surface area contributed by atoms with Gasteiger partial charge >= 0.3 is 5.97 Å². The van der Waals surface area contributed by atoms with E-state index >= 15 is 0 Å². The largest absolute Gasteiger partial charge is 0.465 e. The molecule has 0 saturated carbocycles. The van der Waals surface area contributed by atoms with E-state index in [2.05, 4.69) is 5.32 Å². The Kier molecular flexibility index (Phi) is 22.8. The number of ether oxygens (including phenoxy) is 2. The second-order valence-corrected chi connectivity index (χ2v) is 29.8. The molecule has 0 bridgehead atoms. The Morgan fingerprint density at radius 2 is 1.23 bits per heavy atom. The molecule has 2 aliphatic rings. The van der Waals surface area contributed by atoms with Gasteiger partial charge in [-0.15, -0.1) is 0 Å². The summed E-state index contributed by atoms with van der Waals surface area (Å²) in [6, 6.07) is 32.7. The van der Waals surface area contributed by atoms with Crippen LogP contribution in [0.25, 0.3) is 0 Å². The topological polar surface area (TPSA) is 305 Å². The molecule has 7 rings (SSSR count). The van der Waals surface area contributed by atoms with Crippen molar-refractivity contribution < 1.29 is 80.3 Å². The molecule has 0 radical (unpaired) electrons. The fourth-order valence-corrected chi connectivity index (χ4v) is 15.9. The maximum absolute atomic E-state index is 13.6. The van der Waals surface area contributed by atoms with Gasteiger partial charge in [0.1, 0.15) is 12.3 Å². The maximum Gasteiger partial charge on any atom is 0.338 e. The number of fused-ring (bicyclic) bond motifs is 2. The quantitative estimate of drug-likeness (QED) is 0.00697. The third-order valence-corrected chi connectivity index (χ3v) is 21.4. The molecule has 2 unspecified atom stereocenters. The lowest BCUT2D eigenvalue weighted by atomic mass is 9.76. The lowest BCUT2D eigenvalue weighted by Gasteiger charge is -2.30. The summed E-state index contributed by atoms with van der Waals surface area (Å²) in [7, 11) is -16.5. The van der Waals surface area contributed by atoms with Gasteiger partial charge in [-0.2, -0.15) is 38.2 Å². The number of nitrogens with zero attached hydrogens (tertiary/aromatic N) is 2. The number of hydrogen-bond acceptors (Lipinski definition) is 14. The number of amides is 1. The van der Waals surface area contributed by atoms with Gasteiger partial charge in [-0.05, 0) is 137 Å². The van der Waals surface area contributed by atoms with Crippen LogP contribution in [0, 0.1) is 0 Å². The molecule has 1 amide bonds. The van der Waals surface area contributed by atoms with Crippen LogP contribution >= 0.6 is 7.92 Å². The van der Waals surface area contributed by atoms with Crippen LogP contribution in [0.2, 0.25) is 0 Å². The van der Waals surface area contributed by atoms with Crippen LogP contribution in [0.4, 0.5) is 11.4 Å². The van der Waals surface area contributed by atoms with E-state index in [9.17, 15) is 66.3 Å². The minimum Gasteiger partial charge on any atom is -0.465 e. The average Bonchev–Trinajstić information content (AvgIpc) is 1.61. The van der Waals surface area contributed by atoms with Crippen molar-refractivity contribution in [2.75, 3.05) is 56.9 Å². The van der Waals surface area contributed by atoms with Crippen molar-refractivity contribution >= 4 is 99.1 Å². The number of nitrogens with one attached hydrogen (secondary N) is 1. The molecule has 2 aliphatic heterocycles. The lowest BCUT2D eigenvalue weighted by Crippen LogP contribution is -2.32. The highest BCUT2D eigenvalue weighted by Crippen LogP contribution is 2.51. The van der Waals surface area contributed by atoms with Gasteiger partial charge in [-0.25, -0.2) is 4.79 Å². The molecule has 0 aromatic heterocycles. The minimum atomic E-state index is -4.70. The number of ketones is 1. The summed E-state index contributed by atoms with van der Waals surface area (Å²) in [5.41, 5.74) is 1.96. The predicted molar refractivity (Wildman–Crippen MR) is 335 cm³/mol. The Bertz CT molecular complexity index is 3910. The van der Waals surface area contributed by atoms with E-state index in [0.717, 1.165) is 10.6 Å². The summed E-state index contributed by atoms with van der Waals surface area (Å²) < 4.78 is 150. The summed E-state index contributed by atoms with van der Waals surface area (Å²) in [6.07, 6.45) is 11.4. The van der Waals surface area contributed by atoms with E-state index in [4.69, 9.17) is 9.47 Å². The number of hydrogen-bond donors (Lipinski definition) is 5. The smallest absolute Gasteiger partial charge is 0.338 e. The Labute approximate surface area is 510 Å². The summed E-state index contributed by atoms with van der Waals surface area (Å²) in [5, 5.41) is 5.55. The molecule has 5 aromatic carbocycles. The van der Waals surface area contributed by atoms with E-state index in [1.54, 1.807) is 67.6 Å². The van der Waals surface area contributed by atoms with Crippen LogP contribution in [0.3, 0.4) is 0 Å². The van der Waals surface area contributed by atoms with Crippen LogP contribution in [0.15, 0.2) is 161 Å². The first-order chi connectivity index (χ1) is 41.1. The predicted octanol–water partition coefficient (Wildman–Crippen LogP) is 8.18. The number of rotatable bonds is 31. The van der Waals surface area contributed by atoms with Crippen molar-refractivity contribution in [3.8, 4) is 0 Å². The van der Waals surface area contributed by atoms with E-state index in [0.29, 0.717) is 82.6 Å². The molecular weight excluding hydrogens is 1220 g/mol. The van der Waals surface area contributed by atoms with E-state index in [-0.39, 0.29) is 79.7 Å². The normalized spacial score (nSPS) is 17.6. The number of Topliss-reactive ketones (excluding diaryl/α,β-unsaturated/α-hetero) is 1. The Hall–Kier alpha value is -6.57. The third-order valence-electron chi connectivity index (χ3n) is 15.6. The van der Waals surface area contributed by atoms with Gasteiger partial charge in [0, 0.05) is 84.8 Å². The fraction of sp³-hybridized carbons (Fsp3) is 0.355. The molecule has 0 fully saturated rings. The summed E-state index contributed by atoms with van der Waals surface area (Å²) >= 11 is 0. The van der Waals surface area contributed by atoms with E-state index < -0.39 is 76.7 Å². The van der Waals surface area contributed by atoms with Crippen molar-refractivity contribution in [1.29, 1.82) is 0 Å². The van der Waals surface area contributed by atoms with Gasteiger partial charge in [-0.3, -0.25) is 27.8 Å². The second-order valence-electron chi connectivity index (χ2n) is 21.7. The SMILES string of the molecule is COCCN1C(=CC=CC=CC2=[N+](CCCCCC(=O)CCCNC(=O)c3ccc(C(=O)OC)c(P(c4ccccc4)c4ccccc4)c3)c3ccc(S(=O)(=O)O)cc3C2(C)CCCS(=O)(=O)O)C(C)(CCCS(=O)(=O)O)c2cc(S(=O)(=O)O)ccc21. The van der Waals surface area contributed by atoms with Crippen LogP contribution < -0.4 is 26.1 Å². The number of unbranched alkanes of at least 4 members (excludes halogenated alkanes) is 2. The highest BCUT2D eigenvalue weighted by atomic mass is 32.2. The number of esters is 1. The zero-order chi connectivity index (χ0) is 63.4. The average molecular weight is 1290 g/mol. The van der Waals surface area contributed by atoms with Gasteiger partial charge in [-0.1, -0.05) is 78.9 Å².